The number of nitrogens with zero attached hydrogens (tertiary/aromatic N) is 12. The second-order valence-electron chi connectivity index (χ2n) is 17.1. The van der Waals surface area contributed by atoms with Crippen molar-refractivity contribution in [2.45, 2.75) is 0 Å². The van der Waals surface area contributed by atoms with Gasteiger partial charge in [-0.05, 0) is 0 Å². The van der Waals surface area contributed by atoms with Crippen molar-refractivity contribution in [3.05, 3.63) is 244 Å². The van der Waals surface area contributed by atoms with Crippen LogP contribution in [0.2, 0.25) is 0 Å². The molecule has 0 saturated heterocycles. The van der Waals surface area contributed by atoms with Crippen LogP contribution in [0.1, 0.15) is 0 Å². The highest BCUT2D eigenvalue weighted by atomic mass is 16.2. The van der Waals surface area contributed by atoms with Gasteiger partial charge < -0.3 is 0 Å². The van der Waals surface area contributed by atoms with Crippen LogP contribution in [0, 0.1) is 0 Å². The zero-order chi connectivity index (χ0) is 50.9. The lowest BCUT2D eigenvalue weighted by molar-refractivity contribution is 0.866. The van der Waals surface area contributed by atoms with E-state index in [-0.39, 0.29) is 34.9 Å². The van der Waals surface area contributed by atoms with Crippen LogP contribution in [0.5, 0.6) is 0 Å². The summed E-state index contributed by atoms with van der Waals surface area (Å²) in [6.45, 7) is 0. The third-order valence-corrected chi connectivity index (χ3v) is 12.7. The van der Waals surface area contributed by atoms with Gasteiger partial charge in [0.1, 0.15) is 0 Å². The molecule has 18 heteroatoms. The van der Waals surface area contributed by atoms with Gasteiger partial charge in [-0.2, -0.15) is 29.9 Å². The van der Waals surface area contributed by atoms with E-state index in [1.54, 1.807) is 182 Å². The van der Waals surface area contributed by atoms with E-state index in [0.717, 1.165) is 0 Å². The molecule has 0 fully saturated rings. The summed E-state index contributed by atoms with van der Waals surface area (Å²) < 4.78 is 1.83. The molecule has 0 atom stereocenters. The third-order valence-electron chi connectivity index (χ3n) is 12.7. The van der Waals surface area contributed by atoms with Gasteiger partial charge in [0, 0.05) is 33.4 Å². The van der Waals surface area contributed by atoms with Gasteiger partial charge in [-0.25, -0.2) is 28.7 Å². The van der Waals surface area contributed by atoms with Crippen molar-refractivity contribution in [3.8, 4) is 86.2 Å². The first kappa shape index (κ1) is 44.0. The van der Waals surface area contributed by atoms with E-state index in [4.69, 9.17) is 0 Å². The quantitative estimate of drug-likeness (QED) is 0.149. The molecule has 13 aromatic rings. The molecule has 0 unspecified atom stereocenters. The fraction of sp³-hybridized carbons (Fsp3) is 0. The van der Waals surface area contributed by atoms with Crippen LogP contribution in [0.4, 0.5) is 0 Å². The molecule has 0 aliphatic carbocycles. The summed E-state index contributed by atoms with van der Waals surface area (Å²) in [5.74, 6) is -0.905. The van der Waals surface area contributed by atoms with Crippen LogP contribution in [0.15, 0.2) is 211 Å². The van der Waals surface area contributed by atoms with Crippen molar-refractivity contribution in [1.29, 1.82) is 0 Å². The molecular formula is C57H30N12O6. The number of rotatable bonds is 9. The average molecular weight is 979 g/mol. The smallest absolute Gasteiger partial charge is 0.268 e. The van der Waals surface area contributed by atoms with Gasteiger partial charge in [0.15, 0.2) is 34.9 Å². The predicted octanol–water partition coefficient (Wildman–Crippen LogP) is 6.55. The molecule has 0 radical (unpaired) electrons. The number of hydrogen-bond donors (Lipinski definition) is 0. The highest BCUT2D eigenvalue weighted by Crippen LogP contribution is 2.30. The lowest BCUT2D eigenvalue weighted by atomic mass is 10.0. The van der Waals surface area contributed by atoms with Crippen LogP contribution in [-0.4, -0.2) is 58.6 Å². The molecule has 75 heavy (non-hydrogen) atoms. The first-order valence-corrected chi connectivity index (χ1v) is 23.2. The second-order valence-corrected chi connectivity index (χ2v) is 17.1. The van der Waals surface area contributed by atoms with E-state index in [9.17, 15) is 0 Å². The van der Waals surface area contributed by atoms with Crippen molar-refractivity contribution in [2.24, 2.45) is 0 Å². The fourth-order valence-corrected chi connectivity index (χ4v) is 9.22. The minimum Gasteiger partial charge on any atom is -0.268 e. The van der Waals surface area contributed by atoms with Gasteiger partial charge in [-0.15, -0.1) is 0 Å². The topological polar surface area (TPSA) is 233 Å². The Morgan fingerprint density at radius 3 is 0.493 bits per heavy atom. The van der Waals surface area contributed by atoms with Crippen LogP contribution in [0.3, 0.4) is 0 Å². The van der Waals surface area contributed by atoms with Crippen LogP contribution in [0.25, 0.3) is 118 Å². The molecule has 0 spiro atoms. The van der Waals surface area contributed by atoms with E-state index < -0.39 is 83.5 Å². The highest BCUT2D eigenvalue weighted by molar-refractivity contribution is 6.25. The Morgan fingerprint density at radius 2 is 0.347 bits per heavy atom. The maximum absolute atomic E-state index is 15.4. The third kappa shape index (κ3) is 7.15. The van der Waals surface area contributed by atoms with Gasteiger partial charge in [0.2, 0.25) is 17.8 Å². The number of hydrogen-bond acceptors (Lipinski definition) is 15. The molecule has 0 N–H and O–H groups in total. The SMILES string of the molecule is O=c1c2c3c(=O)n(-c4nc(-c5ccccc5)nc(-c5ccccc5)n4)c(=O)c3c3c(=O)n(-c4nc(-c5ccccc5)nc(-c5ccccc5)n4)c(=O)c3c2c(=O)n1-c1nc(-c2ccccc2)nc(-c2ccccc2)n1. The maximum Gasteiger partial charge on any atom is 0.269 e. The molecule has 0 aliphatic heterocycles. The van der Waals surface area contributed by atoms with E-state index in [2.05, 4.69) is 44.9 Å². The van der Waals surface area contributed by atoms with E-state index in [1.165, 1.54) is 0 Å². The van der Waals surface area contributed by atoms with Crippen molar-refractivity contribution >= 4 is 32.3 Å². The van der Waals surface area contributed by atoms with Crippen LogP contribution in [-0.2, 0) is 0 Å². The Hall–Kier alpha value is -11.0. The number of fused-ring (bicyclic) bond motifs is 6. The molecule has 0 bridgehead atoms. The van der Waals surface area contributed by atoms with E-state index >= 15 is 28.8 Å². The van der Waals surface area contributed by atoms with Gasteiger partial charge >= 0.3 is 0 Å². The molecular weight excluding hydrogens is 949 g/mol. The normalized spacial score (nSPS) is 11.5. The number of benzene rings is 7. The van der Waals surface area contributed by atoms with Crippen molar-refractivity contribution in [3.63, 3.8) is 0 Å². The molecule has 18 nitrogen and oxygen atoms in total. The Kier molecular flexibility index (Phi) is 10.2. The minimum atomic E-state index is -1.16. The molecule has 0 aliphatic rings. The van der Waals surface area contributed by atoms with Gasteiger partial charge in [0.05, 0.1) is 32.3 Å². The molecule has 6 aromatic heterocycles. The van der Waals surface area contributed by atoms with E-state index in [1.807, 2.05) is 0 Å². The Bertz CT molecular complexity index is 3970. The summed E-state index contributed by atoms with van der Waals surface area (Å²) in [6.07, 6.45) is 0. The predicted molar refractivity (Wildman–Crippen MR) is 281 cm³/mol. The summed E-state index contributed by atoms with van der Waals surface area (Å²) in [5.41, 5.74) is -3.93. The van der Waals surface area contributed by atoms with Crippen molar-refractivity contribution in [2.75, 3.05) is 0 Å². The van der Waals surface area contributed by atoms with E-state index in [0.29, 0.717) is 47.1 Å². The number of aromatic nitrogens is 12. The van der Waals surface area contributed by atoms with Gasteiger partial charge in [-0.3, -0.25) is 28.8 Å². The molecule has 7 aromatic carbocycles. The zero-order valence-electron chi connectivity index (χ0n) is 38.6. The molecule has 13 rings (SSSR count). The molecule has 0 saturated carbocycles. The molecule has 354 valence electrons. The standard InChI is InChI=1S/C57H30N12O6/c70-49-37-38(50(71)67(49)55-61-43(31-19-7-1-8-20-31)58-44(62-55)32-21-9-2-10-22-32)40-42(54(75)69(52(40)73)57-65-47(35-27-15-5-16-28-35)60-48(66-57)36-29-17-6-18-30-36)41-39(37)51(72)68(53(41)74)56-63-45(33-23-11-3-12-24-33)59-46(64-56)34-25-13-4-14-26-34/h1-30H. The van der Waals surface area contributed by atoms with Crippen molar-refractivity contribution in [1.82, 2.24) is 58.6 Å². The largest absolute Gasteiger partial charge is 0.269 e. The second kappa shape index (κ2) is 17.4. The lowest BCUT2D eigenvalue weighted by Crippen LogP contribution is -2.27. The average Bonchev–Trinajstić information content (AvgIpc) is 4.13. The summed E-state index contributed by atoms with van der Waals surface area (Å²) in [6, 6.07) is 52.6. The molecule has 0 amide bonds. The monoisotopic (exact) mass is 978 g/mol. The van der Waals surface area contributed by atoms with Crippen LogP contribution >= 0.6 is 0 Å². The zero-order valence-corrected chi connectivity index (χ0v) is 38.6. The lowest BCUT2D eigenvalue weighted by Gasteiger charge is -2.07. The first-order chi connectivity index (χ1) is 36.7. The first-order valence-electron chi connectivity index (χ1n) is 23.2. The fourth-order valence-electron chi connectivity index (χ4n) is 9.22. The van der Waals surface area contributed by atoms with Crippen LogP contribution < -0.4 is 33.4 Å². The Balaban J connectivity index is 1.17. The summed E-state index contributed by atoms with van der Waals surface area (Å²) in [7, 11) is 0. The highest BCUT2D eigenvalue weighted by Gasteiger charge is 2.34. The summed E-state index contributed by atoms with van der Waals surface area (Å²) >= 11 is 0. The Morgan fingerprint density at radius 1 is 0.200 bits per heavy atom. The Labute approximate surface area is 419 Å². The maximum atomic E-state index is 15.4. The van der Waals surface area contributed by atoms with Crippen molar-refractivity contribution < 1.29 is 0 Å². The molecule has 6 heterocycles. The van der Waals surface area contributed by atoms with Gasteiger partial charge in [-0.1, -0.05) is 182 Å². The van der Waals surface area contributed by atoms with Gasteiger partial charge in [0.25, 0.3) is 33.4 Å². The minimum absolute atomic E-state index is 0.0814. The summed E-state index contributed by atoms with van der Waals surface area (Å²) in [5, 5.41) is -3.88. The summed E-state index contributed by atoms with van der Waals surface area (Å²) in [4.78, 5) is 134.